The van der Waals surface area contributed by atoms with Crippen molar-refractivity contribution in [2.24, 2.45) is 10.7 Å². The molecule has 2 N–H and O–H groups in total. The summed E-state index contributed by atoms with van der Waals surface area (Å²) in [5.74, 6) is 0.403. The highest BCUT2D eigenvalue weighted by Crippen LogP contribution is 1.97. The van der Waals surface area contributed by atoms with Crippen LogP contribution in [0.25, 0.3) is 0 Å². The van der Waals surface area contributed by atoms with Gasteiger partial charge in [0.1, 0.15) is 15.7 Å². The first-order valence-corrected chi connectivity index (χ1v) is 6.58. The van der Waals surface area contributed by atoms with Crippen LogP contribution in [0.1, 0.15) is 5.56 Å². The number of nitrogens with two attached hydrogens (primary N) is 1. The molecule has 0 saturated carbocycles. The first-order chi connectivity index (χ1) is 6.99. The van der Waals surface area contributed by atoms with Gasteiger partial charge in [-0.1, -0.05) is 30.3 Å². The monoisotopic (exact) mass is 226 g/mol. The fraction of sp³-hybridized carbons (Fsp3) is 0.300. The Balaban J connectivity index is 2.62. The van der Waals surface area contributed by atoms with Crippen molar-refractivity contribution in [2.75, 3.05) is 18.6 Å². The van der Waals surface area contributed by atoms with E-state index in [0.29, 0.717) is 5.84 Å². The highest BCUT2D eigenvalue weighted by Gasteiger charge is 2.01. The van der Waals surface area contributed by atoms with E-state index in [1.807, 2.05) is 30.3 Å². The van der Waals surface area contributed by atoms with E-state index in [1.54, 1.807) is 0 Å². The molecule has 15 heavy (non-hydrogen) atoms. The lowest BCUT2D eigenvalue weighted by molar-refractivity contribution is 0.601. The van der Waals surface area contributed by atoms with E-state index < -0.39 is 9.84 Å². The zero-order valence-electron chi connectivity index (χ0n) is 8.55. The van der Waals surface area contributed by atoms with Crippen molar-refractivity contribution in [3.63, 3.8) is 0 Å². The van der Waals surface area contributed by atoms with Crippen molar-refractivity contribution < 1.29 is 8.42 Å². The Morgan fingerprint density at radius 1 is 1.33 bits per heavy atom. The molecule has 0 saturated heterocycles. The number of rotatable bonds is 4. The maximum atomic E-state index is 10.8. The molecular formula is C10H14N2O2S. The molecule has 82 valence electrons. The minimum Gasteiger partial charge on any atom is -0.384 e. The second-order valence-electron chi connectivity index (χ2n) is 3.26. The Labute approximate surface area is 89.8 Å². The summed E-state index contributed by atoms with van der Waals surface area (Å²) < 4.78 is 21.7. The van der Waals surface area contributed by atoms with Crippen LogP contribution in [0, 0.1) is 0 Å². The number of sulfone groups is 1. The summed E-state index contributed by atoms with van der Waals surface area (Å²) in [4.78, 5) is 4.00. The second-order valence-corrected chi connectivity index (χ2v) is 5.52. The van der Waals surface area contributed by atoms with Crippen LogP contribution in [0.4, 0.5) is 0 Å². The maximum Gasteiger partial charge on any atom is 0.149 e. The molecule has 0 bridgehead atoms. The van der Waals surface area contributed by atoms with Crippen LogP contribution in [-0.4, -0.2) is 32.8 Å². The Morgan fingerprint density at radius 3 is 2.47 bits per heavy atom. The van der Waals surface area contributed by atoms with Gasteiger partial charge in [-0.2, -0.15) is 0 Å². The van der Waals surface area contributed by atoms with Crippen LogP contribution in [0.15, 0.2) is 35.3 Å². The van der Waals surface area contributed by atoms with Crippen LogP contribution < -0.4 is 5.73 Å². The summed E-state index contributed by atoms with van der Waals surface area (Å²) >= 11 is 0. The van der Waals surface area contributed by atoms with Gasteiger partial charge in [-0.25, -0.2) is 8.42 Å². The predicted octanol–water partition coefficient (Wildman–Crippen LogP) is 0.436. The lowest BCUT2D eigenvalue weighted by Crippen LogP contribution is -2.16. The van der Waals surface area contributed by atoms with Gasteiger partial charge in [-0.05, 0) is 0 Å². The van der Waals surface area contributed by atoms with Gasteiger partial charge in [0, 0.05) is 11.8 Å². The standard InChI is InChI=1S/C10H14N2O2S/c1-15(13,14)8-7-12-10(11)9-5-3-2-4-6-9/h2-6H,7-8H2,1H3,(H2,11,12). The van der Waals surface area contributed by atoms with E-state index in [4.69, 9.17) is 5.73 Å². The van der Waals surface area contributed by atoms with Gasteiger partial charge in [0.2, 0.25) is 0 Å². The summed E-state index contributed by atoms with van der Waals surface area (Å²) in [6.45, 7) is 0.208. The Bertz CT molecular complexity index is 438. The van der Waals surface area contributed by atoms with Crippen molar-refractivity contribution in [3.05, 3.63) is 35.9 Å². The summed E-state index contributed by atoms with van der Waals surface area (Å²) in [6, 6.07) is 9.26. The summed E-state index contributed by atoms with van der Waals surface area (Å²) in [7, 11) is -2.96. The van der Waals surface area contributed by atoms with Gasteiger partial charge >= 0.3 is 0 Å². The van der Waals surface area contributed by atoms with Crippen LogP contribution in [-0.2, 0) is 9.84 Å². The molecular weight excluding hydrogens is 212 g/mol. The molecule has 0 spiro atoms. The zero-order valence-corrected chi connectivity index (χ0v) is 9.37. The predicted molar refractivity (Wildman–Crippen MR) is 61.7 cm³/mol. The average Bonchev–Trinajstić information content (AvgIpc) is 2.17. The smallest absolute Gasteiger partial charge is 0.149 e. The van der Waals surface area contributed by atoms with Crippen molar-refractivity contribution >= 4 is 15.7 Å². The van der Waals surface area contributed by atoms with Gasteiger partial charge < -0.3 is 5.73 Å². The number of amidine groups is 1. The fourth-order valence-corrected chi connectivity index (χ4v) is 1.46. The van der Waals surface area contributed by atoms with E-state index in [1.165, 1.54) is 6.26 Å². The van der Waals surface area contributed by atoms with Crippen LogP contribution in [0.5, 0.6) is 0 Å². The van der Waals surface area contributed by atoms with Gasteiger partial charge in [0.25, 0.3) is 0 Å². The molecule has 1 aromatic rings. The van der Waals surface area contributed by atoms with Crippen molar-refractivity contribution in [2.45, 2.75) is 0 Å². The molecule has 0 radical (unpaired) electrons. The third-order valence-electron chi connectivity index (χ3n) is 1.81. The number of benzene rings is 1. The van der Waals surface area contributed by atoms with Crippen LogP contribution in [0.2, 0.25) is 0 Å². The normalized spacial score (nSPS) is 12.7. The molecule has 0 aromatic heterocycles. The highest BCUT2D eigenvalue weighted by atomic mass is 32.2. The molecule has 0 fully saturated rings. The Hall–Kier alpha value is -1.36. The Morgan fingerprint density at radius 2 is 1.93 bits per heavy atom. The molecule has 0 heterocycles. The minimum atomic E-state index is -2.96. The molecule has 0 aliphatic heterocycles. The largest absolute Gasteiger partial charge is 0.384 e. The fourth-order valence-electron chi connectivity index (χ4n) is 1.03. The molecule has 1 rings (SSSR count). The average molecular weight is 226 g/mol. The molecule has 0 aliphatic carbocycles. The lowest BCUT2D eigenvalue weighted by Gasteiger charge is -2.00. The van der Waals surface area contributed by atoms with Crippen LogP contribution in [0.3, 0.4) is 0 Å². The van der Waals surface area contributed by atoms with E-state index in [0.717, 1.165) is 5.56 Å². The molecule has 0 amide bonds. The van der Waals surface area contributed by atoms with Gasteiger partial charge in [0.15, 0.2) is 0 Å². The number of hydrogen-bond acceptors (Lipinski definition) is 3. The number of nitrogens with zero attached hydrogens (tertiary/aromatic N) is 1. The molecule has 0 atom stereocenters. The van der Waals surface area contributed by atoms with Crippen molar-refractivity contribution in [3.8, 4) is 0 Å². The zero-order chi connectivity index (χ0) is 11.3. The van der Waals surface area contributed by atoms with Crippen molar-refractivity contribution in [1.82, 2.24) is 0 Å². The second kappa shape index (κ2) is 4.93. The van der Waals surface area contributed by atoms with Gasteiger partial charge in [-0.15, -0.1) is 0 Å². The third kappa shape index (κ3) is 4.60. The molecule has 0 unspecified atom stereocenters. The maximum absolute atomic E-state index is 10.8. The summed E-state index contributed by atoms with van der Waals surface area (Å²) in [6.07, 6.45) is 1.18. The first-order valence-electron chi connectivity index (χ1n) is 4.52. The van der Waals surface area contributed by atoms with Crippen molar-refractivity contribution in [1.29, 1.82) is 0 Å². The molecule has 1 aromatic carbocycles. The lowest BCUT2D eigenvalue weighted by atomic mass is 10.2. The third-order valence-corrected chi connectivity index (χ3v) is 2.74. The van der Waals surface area contributed by atoms with Gasteiger partial charge in [-0.3, -0.25) is 4.99 Å². The van der Waals surface area contributed by atoms with Crippen LogP contribution >= 0.6 is 0 Å². The van der Waals surface area contributed by atoms with E-state index in [9.17, 15) is 8.42 Å². The first kappa shape index (κ1) is 11.7. The topological polar surface area (TPSA) is 72.5 Å². The van der Waals surface area contributed by atoms with E-state index in [-0.39, 0.29) is 12.3 Å². The molecule has 0 aliphatic rings. The molecule has 5 heteroatoms. The number of aliphatic imine (C=N–C) groups is 1. The number of hydrogen-bond donors (Lipinski definition) is 1. The van der Waals surface area contributed by atoms with E-state index >= 15 is 0 Å². The molecule has 4 nitrogen and oxygen atoms in total. The van der Waals surface area contributed by atoms with Gasteiger partial charge in [0.05, 0.1) is 12.3 Å². The minimum absolute atomic E-state index is 0.0283. The Kier molecular flexibility index (Phi) is 3.85. The summed E-state index contributed by atoms with van der Waals surface area (Å²) in [5, 5.41) is 0. The highest BCUT2D eigenvalue weighted by molar-refractivity contribution is 7.90. The quantitative estimate of drug-likeness (QED) is 0.598. The van der Waals surface area contributed by atoms with E-state index in [2.05, 4.69) is 4.99 Å². The SMILES string of the molecule is CS(=O)(=O)CCN=C(N)c1ccccc1. The summed E-state index contributed by atoms with van der Waals surface area (Å²) in [5.41, 5.74) is 6.49.